The molecule has 0 bridgehead atoms. The zero-order valence-corrected chi connectivity index (χ0v) is 15.0. The van der Waals surface area contributed by atoms with Crippen molar-refractivity contribution >= 4 is 40.9 Å². The lowest BCUT2D eigenvalue weighted by Crippen LogP contribution is -2.31. The maximum atomic E-state index is 12.7. The highest BCUT2D eigenvalue weighted by molar-refractivity contribution is 8.00. The van der Waals surface area contributed by atoms with Crippen LogP contribution in [0.15, 0.2) is 53.4 Å². The molecule has 0 radical (unpaired) electrons. The standard InChI is InChI=1S/C19H18N2O4S/c1-2-25-19(24)12-3-7-14(8-4-12)21-17(22)11-16(18(21)23)26-15-9-5-13(20)6-10-15/h3-10,16H,2,11,20H2,1H3/t16-/m1/s1. The molecule has 7 heteroatoms. The number of benzene rings is 2. The monoisotopic (exact) mass is 370 g/mol. The number of imide groups is 1. The number of carbonyl (C=O) groups excluding carboxylic acids is 3. The fraction of sp³-hybridized carbons (Fsp3) is 0.211. The summed E-state index contributed by atoms with van der Waals surface area (Å²) in [6.07, 6.45) is 0.132. The Hall–Kier alpha value is -2.80. The molecule has 134 valence electrons. The molecular formula is C19H18N2O4S. The van der Waals surface area contributed by atoms with Gasteiger partial charge in [-0.2, -0.15) is 0 Å². The number of thioether (sulfide) groups is 1. The molecule has 2 aromatic carbocycles. The number of carbonyl (C=O) groups is 3. The van der Waals surface area contributed by atoms with E-state index < -0.39 is 11.2 Å². The molecule has 0 aromatic heterocycles. The summed E-state index contributed by atoms with van der Waals surface area (Å²) in [7, 11) is 0. The van der Waals surface area contributed by atoms with Crippen LogP contribution in [0.5, 0.6) is 0 Å². The minimum absolute atomic E-state index is 0.132. The summed E-state index contributed by atoms with van der Waals surface area (Å²) in [6, 6.07) is 13.4. The molecule has 1 saturated heterocycles. The summed E-state index contributed by atoms with van der Waals surface area (Å²) in [5, 5.41) is -0.476. The van der Waals surface area contributed by atoms with Gasteiger partial charge < -0.3 is 10.5 Å². The van der Waals surface area contributed by atoms with Crippen molar-refractivity contribution in [1.29, 1.82) is 0 Å². The fourth-order valence-corrected chi connectivity index (χ4v) is 3.69. The summed E-state index contributed by atoms with van der Waals surface area (Å²) in [5.74, 6) is -0.956. The molecule has 3 rings (SSSR count). The van der Waals surface area contributed by atoms with Gasteiger partial charge in [-0.3, -0.25) is 9.59 Å². The summed E-state index contributed by atoms with van der Waals surface area (Å²) in [4.78, 5) is 38.8. The van der Waals surface area contributed by atoms with E-state index in [1.807, 2.05) is 12.1 Å². The molecule has 1 heterocycles. The fourth-order valence-electron chi connectivity index (χ4n) is 2.64. The van der Waals surface area contributed by atoms with Crippen LogP contribution in [0.2, 0.25) is 0 Å². The Morgan fingerprint density at radius 2 is 1.81 bits per heavy atom. The lowest BCUT2D eigenvalue weighted by Gasteiger charge is -2.15. The van der Waals surface area contributed by atoms with Crippen molar-refractivity contribution < 1.29 is 19.1 Å². The molecule has 1 fully saturated rings. The minimum Gasteiger partial charge on any atom is -0.462 e. The van der Waals surface area contributed by atoms with E-state index in [0.29, 0.717) is 16.9 Å². The number of nitrogens with two attached hydrogens (primary N) is 1. The average Bonchev–Trinajstić information content (AvgIpc) is 2.91. The SMILES string of the molecule is CCOC(=O)c1ccc(N2C(=O)C[C@@H](Sc3ccc(N)cc3)C2=O)cc1. The quantitative estimate of drug-likeness (QED) is 0.494. The first-order valence-electron chi connectivity index (χ1n) is 8.15. The van der Waals surface area contributed by atoms with Gasteiger partial charge in [0.2, 0.25) is 11.8 Å². The van der Waals surface area contributed by atoms with Gasteiger partial charge in [0.05, 0.1) is 23.1 Å². The normalized spacial score (nSPS) is 16.8. The van der Waals surface area contributed by atoms with Crippen LogP contribution >= 0.6 is 11.8 Å². The number of rotatable bonds is 5. The van der Waals surface area contributed by atoms with Crippen molar-refractivity contribution in [1.82, 2.24) is 0 Å². The molecule has 2 N–H and O–H groups in total. The first-order chi connectivity index (χ1) is 12.5. The van der Waals surface area contributed by atoms with Gasteiger partial charge in [0, 0.05) is 17.0 Å². The van der Waals surface area contributed by atoms with Crippen LogP contribution in [0.1, 0.15) is 23.7 Å². The molecule has 1 aliphatic heterocycles. The maximum absolute atomic E-state index is 12.7. The highest BCUT2D eigenvalue weighted by Crippen LogP contribution is 2.34. The smallest absolute Gasteiger partial charge is 0.338 e. The van der Waals surface area contributed by atoms with Crippen molar-refractivity contribution in [3.05, 3.63) is 54.1 Å². The van der Waals surface area contributed by atoms with Gasteiger partial charge in [-0.15, -0.1) is 11.8 Å². The molecule has 0 saturated carbocycles. The summed E-state index contributed by atoms with van der Waals surface area (Å²) in [5.41, 5.74) is 7.14. The largest absolute Gasteiger partial charge is 0.462 e. The van der Waals surface area contributed by atoms with Crippen LogP contribution in [0.3, 0.4) is 0 Å². The summed E-state index contributed by atoms with van der Waals surface area (Å²) in [6.45, 7) is 2.01. The van der Waals surface area contributed by atoms with Gasteiger partial charge in [0.15, 0.2) is 0 Å². The Morgan fingerprint density at radius 1 is 1.15 bits per heavy atom. The van der Waals surface area contributed by atoms with Crippen LogP contribution in [0.4, 0.5) is 11.4 Å². The third kappa shape index (κ3) is 3.72. The first kappa shape index (κ1) is 18.0. The molecule has 0 aliphatic carbocycles. The van der Waals surface area contributed by atoms with Crippen molar-refractivity contribution in [2.75, 3.05) is 17.2 Å². The molecular weight excluding hydrogens is 352 g/mol. The van der Waals surface area contributed by atoms with E-state index in [1.54, 1.807) is 43.3 Å². The van der Waals surface area contributed by atoms with Crippen LogP contribution in [0.25, 0.3) is 0 Å². The summed E-state index contributed by atoms with van der Waals surface area (Å²) >= 11 is 1.34. The Morgan fingerprint density at radius 3 is 2.42 bits per heavy atom. The first-order valence-corrected chi connectivity index (χ1v) is 9.03. The highest BCUT2D eigenvalue weighted by atomic mass is 32.2. The van der Waals surface area contributed by atoms with Crippen LogP contribution in [0, 0.1) is 0 Å². The van der Waals surface area contributed by atoms with E-state index >= 15 is 0 Å². The minimum atomic E-state index is -0.476. The molecule has 0 spiro atoms. The lowest BCUT2D eigenvalue weighted by molar-refractivity contribution is -0.121. The number of nitrogen functional groups attached to an aromatic ring is 1. The number of amides is 2. The molecule has 2 aromatic rings. The van der Waals surface area contributed by atoms with Crippen LogP contribution < -0.4 is 10.6 Å². The Kier molecular flexibility index (Phi) is 5.27. The number of hydrogen-bond donors (Lipinski definition) is 1. The second kappa shape index (κ2) is 7.61. The number of nitrogens with zero attached hydrogens (tertiary/aromatic N) is 1. The van der Waals surface area contributed by atoms with Crippen molar-refractivity contribution in [2.24, 2.45) is 0 Å². The number of anilines is 2. The number of hydrogen-bond acceptors (Lipinski definition) is 6. The zero-order valence-electron chi connectivity index (χ0n) is 14.2. The predicted molar refractivity (Wildman–Crippen MR) is 100 cm³/mol. The van der Waals surface area contributed by atoms with E-state index in [4.69, 9.17) is 10.5 Å². The second-order valence-corrected chi connectivity index (χ2v) is 6.99. The molecule has 26 heavy (non-hydrogen) atoms. The van der Waals surface area contributed by atoms with E-state index in [1.165, 1.54) is 16.7 Å². The van der Waals surface area contributed by atoms with Gasteiger partial charge in [0.25, 0.3) is 0 Å². The van der Waals surface area contributed by atoms with Crippen molar-refractivity contribution in [2.45, 2.75) is 23.5 Å². The maximum Gasteiger partial charge on any atom is 0.338 e. The van der Waals surface area contributed by atoms with Crippen molar-refractivity contribution in [3.63, 3.8) is 0 Å². The highest BCUT2D eigenvalue weighted by Gasteiger charge is 2.40. The third-order valence-electron chi connectivity index (χ3n) is 3.90. The number of ether oxygens (including phenoxy) is 1. The lowest BCUT2D eigenvalue weighted by atomic mass is 10.2. The number of esters is 1. The molecule has 1 aliphatic rings. The van der Waals surface area contributed by atoms with Gasteiger partial charge in [-0.25, -0.2) is 9.69 Å². The molecule has 2 amide bonds. The zero-order chi connectivity index (χ0) is 18.7. The second-order valence-electron chi connectivity index (χ2n) is 5.71. The predicted octanol–water partition coefficient (Wildman–Crippen LogP) is 2.87. The van der Waals surface area contributed by atoms with E-state index in [9.17, 15) is 14.4 Å². The average molecular weight is 370 g/mol. The third-order valence-corrected chi connectivity index (χ3v) is 5.10. The Bertz CT molecular complexity index is 834. The van der Waals surface area contributed by atoms with Gasteiger partial charge in [0.1, 0.15) is 0 Å². The van der Waals surface area contributed by atoms with Gasteiger partial charge >= 0.3 is 5.97 Å². The summed E-state index contributed by atoms with van der Waals surface area (Å²) < 4.78 is 4.93. The van der Waals surface area contributed by atoms with Crippen LogP contribution in [-0.4, -0.2) is 29.6 Å². The van der Waals surface area contributed by atoms with Gasteiger partial charge in [-0.05, 0) is 55.5 Å². The van der Waals surface area contributed by atoms with E-state index in [2.05, 4.69) is 0 Å². The Labute approximate surface area is 155 Å². The van der Waals surface area contributed by atoms with E-state index in [-0.39, 0.29) is 24.8 Å². The molecule has 1 atom stereocenters. The van der Waals surface area contributed by atoms with Gasteiger partial charge in [-0.1, -0.05) is 0 Å². The Balaban J connectivity index is 1.74. The van der Waals surface area contributed by atoms with Crippen molar-refractivity contribution in [3.8, 4) is 0 Å². The topological polar surface area (TPSA) is 89.7 Å². The van der Waals surface area contributed by atoms with E-state index in [0.717, 1.165) is 4.90 Å². The van der Waals surface area contributed by atoms with Crippen LogP contribution in [-0.2, 0) is 14.3 Å². The molecule has 6 nitrogen and oxygen atoms in total. The molecule has 0 unspecified atom stereocenters.